The summed E-state index contributed by atoms with van der Waals surface area (Å²) < 4.78 is 36.6. The van der Waals surface area contributed by atoms with E-state index >= 15 is 0 Å². The fourth-order valence-corrected chi connectivity index (χ4v) is 2.01. The lowest BCUT2D eigenvalue weighted by Crippen LogP contribution is -2.56. The maximum Gasteiger partial charge on any atom is 0.471 e. The summed E-state index contributed by atoms with van der Waals surface area (Å²) in [7, 11) is 0. The molecule has 1 atom stereocenters. The quantitative estimate of drug-likeness (QED) is 0.776. The number of alkyl halides is 3. The minimum absolute atomic E-state index is 0.107. The first-order valence-corrected chi connectivity index (χ1v) is 5.96. The van der Waals surface area contributed by atoms with Crippen molar-refractivity contribution in [1.82, 2.24) is 5.32 Å². The van der Waals surface area contributed by atoms with Crippen molar-refractivity contribution in [2.45, 2.75) is 50.7 Å². The summed E-state index contributed by atoms with van der Waals surface area (Å²) in [5.74, 6) is -3.70. The van der Waals surface area contributed by atoms with Crippen LogP contribution in [0.1, 0.15) is 39.0 Å². The van der Waals surface area contributed by atoms with Gasteiger partial charge in [0.1, 0.15) is 5.54 Å². The van der Waals surface area contributed by atoms with Crippen molar-refractivity contribution < 1.29 is 27.9 Å². The number of nitrogens with one attached hydrogen (secondary N) is 1. The number of aliphatic carboxylic acids is 1. The van der Waals surface area contributed by atoms with E-state index in [0.29, 0.717) is 6.42 Å². The zero-order valence-electron chi connectivity index (χ0n) is 10.5. The molecule has 19 heavy (non-hydrogen) atoms. The number of halogens is 3. The molecule has 2 N–H and O–H groups in total. The number of hydrogen-bond acceptors (Lipinski definition) is 2. The van der Waals surface area contributed by atoms with E-state index in [1.165, 1.54) is 0 Å². The predicted octanol–water partition coefficient (Wildman–Crippen LogP) is 2.40. The Kier molecular flexibility index (Phi) is 4.60. The summed E-state index contributed by atoms with van der Waals surface area (Å²) in [6, 6.07) is 0. The molecule has 1 aliphatic rings. The van der Waals surface area contributed by atoms with Crippen LogP contribution >= 0.6 is 0 Å². The highest BCUT2D eigenvalue weighted by Gasteiger charge is 2.45. The fourth-order valence-electron chi connectivity index (χ4n) is 2.01. The van der Waals surface area contributed by atoms with Crippen LogP contribution in [-0.2, 0) is 9.59 Å². The van der Waals surface area contributed by atoms with E-state index in [1.54, 1.807) is 5.32 Å². The monoisotopic (exact) mass is 279 g/mol. The summed E-state index contributed by atoms with van der Waals surface area (Å²) in [5.41, 5.74) is -1.16. The Hall–Kier alpha value is -1.53. The first kappa shape index (κ1) is 15.5. The third-order valence-corrected chi connectivity index (χ3v) is 3.08. The Morgan fingerprint density at radius 1 is 1.37 bits per heavy atom. The van der Waals surface area contributed by atoms with Gasteiger partial charge >= 0.3 is 18.1 Å². The van der Waals surface area contributed by atoms with Crippen LogP contribution in [0.3, 0.4) is 0 Å². The van der Waals surface area contributed by atoms with Gasteiger partial charge in [0.05, 0.1) is 0 Å². The Morgan fingerprint density at radius 3 is 2.42 bits per heavy atom. The normalized spacial score (nSPS) is 19.3. The molecule has 0 spiro atoms. The standard InChI is InChI=1S/C12H16F3NO3/c1-11(10(18)19,16-9(17)12(13,14)15)7-8-5-3-2-4-6-8/h5H,2-4,6-7H2,1H3,(H,16,17)(H,18,19). The average molecular weight is 279 g/mol. The predicted molar refractivity (Wildman–Crippen MR) is 61.4 cm³/mol. The van der Waals surface area contributed by atoms with Gasteiger partial charge in [0.15, 0.2) is 0 Å². The molecule has 108 valence electrons. The number of rotatable bonds is 4. The van der Waals surface area contributed by atoms with E-state index in [1.807, 2.05) is 6.08 Å². The molecule has 0 aromatic rings. The summed E-state index contributed by atoms with van der Waals surface area (Å²) >= 11 is 0. The van der Waals surface area contributed by atoms with Gasteiger partial charge in [-0.25, -0.2) is 4.79 Å². The van der Waals surface area contributed by atoms with E-state index in [-0.39, 0.29) is 6.42 Å². The maximum absolute atomic E-state index is 12.2. The van der Waals surface area contributed by atoms with Crippen LogP contribution in [0.4, 0.5) is 13.2 Å². The number of hydrogen-bond donors (Lipinski definition) is 2. The van der Waals surface area contributed by atoms with Crippen LogP contribution in [-0.4, -0.2) is 28.7 Å². The summed E-state index contributed by atoms with van der Waals surface area (Å²) in [6.07, 6.45) is -0.0355. The SMILES string of the molecule is CC(CC1=CCCCC1)(NC(=O)C(F)(F)F)C(=O)O. The van der Waals surface area contributed by atoms with E-state index in [0.717, 1.165) is 31.8 Å². The van der Waals surface area contributed by atoms with Gasteiger partial charge in [0.25, 0.3) is 0 Å². The van der Waals surface area contributed by atoms with Crippen LogP contribution in [0.25, 0.3) is 0 Å². The molecule has 0 aromatic carbocycles. The number of carbonyl (C=O) groups is 2. The maximum atomic E-state index is 12.2. The number of amides is 1. The molecule has 0 heterocycles. The topological polar surface area (TPSA) is 66.4 Å². The van der Waals surface area contributed by atoms with Crippen LogP contribution in [0.2, 0.25) is 0 Å². The lowest BCUT2D eigenvalue weighted by molar-refractivity contribution is -0.177. The minimum atomic E-state index is -5.09. The van der Waals surface area contributed by atoms with Gasteiger partial charge in [-0.2, -0.15) is 13.2 Å². The molecule has 1 rings (SSSR count). The Balaban J connectivity index is 2.82. The van der Waals surface area contributed by atoms with E-state index in [4.69, 9.17) is 5.11 Å². The highest BCUT2D eigenvalue weighted by atomic mass is 19.4. The zero-order valence-corrected chi connectivity index (χ0v) is 10.5. The summed E-state index contributed by atoms with van der Waals surface area (Å²) in [5, 5.41) is 10.6. The molecule has 0 aromatic heterocycles. The molecular weight excluding hydrogens is 263 g/mol. The third kappa shape index (κ3) is 4.25. The fraction of sp³-hybridized carbons (Fsp3) is 0.667. The Bertz CT molecular complexity index is 404. The molecule has 0 radical (unpaired) electrons. The van der Waals surface area contributed by atoms with Crippen molar-refractivity contribution in [3.63, 3.8) is 0 Å². The molecule has 1 unspecified atom stereocenters. The molecule has 7 heteroatoms. The van der Waals surface area contributed by atoms with E-state index in [9.17, 15) is 22.8 Å². The zero-order chi connectivity index (χ0) is 14.7. The highest BCUT2D eigenvalue weighted by molar-refractivity contribution is 5.89. The van der Waals surface area contributed by atoms with Gasteiger partial charge in [-0.15, -0.1) is 0 Å². The Labute approximate surface area is 108 Å². The van der Waals surface area contributed by atoms with Crippen LogP contribution < -0.4 is 5.32 Å². The average Bonchev–Trinajstić information content (AvgIpc) is 2.28. The van der Waals surface area contributed by atoms with Gasteiger partial charge in [-0.3, -0.25) is 4.79 Å². The number of carbonyl (C=O) groups excluding carboxylic acids is 1. The van der Waals surface area contributed by atoms with Gasteiger partial charge in [-0.05, 0) is 32.6 Å². The van der Waals surface area contributed by atoms with Gasteiger partial charge < -0.3 is 10.4 Å². The smallest absolute Gasteiger partial charge is 0.471 e. The molecule has 0 bridgehead atoms. The summed E-state index contributed by atoms with van der Waals surface area (Å²) in [6.45, 7) is 1.09. The molecule has 0 saturated carbocycles. The number of carboxylic acids is 1. The second kappa shape index (κ2) is 5.63. The highest BCUT2D eigenvalue weighted by Crippen LogP contribution is 2.27. The van der Waals surface area contributed by atoms with E-state index in [2.05, 4.69) is 0 Å². The molecule has 1 aliphatic carbocycles. The molecule has 4 nitrogen and oxygen atoms in total. The van der Waals surface area contributed by atoms with Crippen molar-refractivity contribution in [2.75, 3.05) is 0 Å². The second-order valence-electron chi connectivity index (χ2n) is 4.87. The van der Waals surface area contributed by atoms with Gasteiger partial charge in [-0.1, -0.05) is 11.6 Å². The van der Waals surface area contributed by atoms with Crippen molar-refractivity contribution in [2.24, 2.45) is 0 Å². The molecule has 1 amide bonds. The van der Waals surface area contributed by atoms with E-state index < -0.39 is 23.6 Å². The van der Waals surface area contributed by atoms with Gasteiger partial charge in [0.2, 0.25) is 0 Å². The van der Waals surface area contributed by atoms with Crippen molar-refractivity contribution >= 4 is 11.9 Å². The lowest BCUT2D eigenvalue weighted by atomic mass is 9.87. The van der Waals surface area contributed by atoms with Crippen molar-refractivity contribution in [3.8, 4) is 0 Å². The first-order valence-electron chi connectivity index (χ1n) is 5.96. The summed E-state index contributed by atoms with van der Waals surface area (Å²) in [4.78, 5) is 22.1. The number of allylic oxidation sites excluding steroid dienone is 1. The number of carboxylic acid groups (broad SMARTS) is 1. The Morgan fingerprint density at radius 2 is 2.00 bits per heavy atom. The second-order valence-corrected chi connectivity index (χ2v) is 4.87. The van der Waals surface area contributed by atoms with Crippen LogP contribution in [0.5, 0.6) is 0 Å². The molecular formula is C12H16F3NO3. The van der Waals surface area contributed by atoms with Gasteiger partial charge in [0, 0.05) is 6.42 Å². The molecule has 0 fully saturated rings. The molecule has 0 saturated heterocycles. The largest absolute Gasteiger partial charge is 0.480 e. The minimum Gasteiger partial charge on any atom is -0.480 e. The third-order valence-electron chi connectivity index (χ3n) is 3.08. The van der Waals surface area contributed by atoms with Crippen LogP contribution in [0, 0.1) is 0 Å². The molecule has 0 aliphatic heterocycles. The van der Waals surface area contributed by atoms with Crippen molar-refractivity contribution in [3.05, 3.63) is 11.6 Å². The van der Waals surface area contributed by atoms with Crippen LogP contribution in [0.15, 0.2) is 11.6 Å². The lowest BCUT2D eigenvalue weighted by Gasteiger charge is -2.28. The van der Waals surface area contributed by atoms with Crippen molar-refractivity contribution in [1.29, 1.82) is 0 Å². The first-order chi connectivity index (χ1) is 8.65.